The first-order chi connectivity index (χ1) is 11.4. The van der Waals surface area contributed by atoms with Crippen LogP contribution >= 0.6 is 0 Å². The van der Waals surface area contributed by atoms with Gasteiger partial charge in [0, 0.05) is 32.7 Å². The fourth-order valence-electron chi connectivity index (χ4n) is 2.03. The molecule has 0 spiro atoms. The highest BCUT2D eigenvalue weighted by Gasteiger charge is 2.24. The molecule has 0 aliphatic carbocycles. The van der Waals surface area contributed by atoms with Crippen molar-refractivity contribution in [1.29, 1.82) is 0 Å². The maximum Gasteiger partial charge on any atom is 0.408 e. The van der Waals surface area contributed by atoms with Gasteiger partial charge in [0.05, 0.1) is 5.54 Å². The number of aliphatic imine (C=N–C) groups is 1. The molecule has 0 fully saturated rings. The van der Waals surface area contributed by atoms with Gasteiger partial charge in [-0.2, -0.15) is 0 Å². The van der Waals surface area contributed by atoms with Crippen LogP contribution in [0.15, 0.2) is 4.99 Å². The lowest BCUT2D eigenvalue weighted by molar-refractivity contribution is 0.0474. The van der Waals surface area contributed by atoms with Crippen molar-refractivity contribution in [1.82, 2.24) is 20.9 Å². The third-order valence-corrected chi connectivity index (χ3v) is 3.86. The lowest BCUT2D eigenvalue weighted by atomic mass is 10.1. The van der Waals surface area contributed by atoms with Gasteiger partial charge in [0.25, 0.3) is 0 Å². The van der Waals surface area contributed by atoms with E-state index in [0.717, 1.165) is 25.5 Å². The van der Waals surface area contributed by atoms with E-state index < -0.39 is 17.2 Å². The summed E-state index contributed by atoms with van der Waals surface area (Å²) in [6.45, 7) is 16.1. The zero-order valence-electron chi connectivity index (χ0n) is 17.6. The van der Waals surface area contributed by atoms with Gasteiger partial charge >= 0.3 is 6.09 Å². The zero-order valence-corrected chi connectivity index (χ0v) is 17.6. The van der Waals surface area contributed by atoms with Gasteiger partial charge in [0.1, 0.15) is 5.60 Å². The third kappa shape index (κ3) is 11.6. The maximum atomic E-state index is 11.9. The van der Waals surface area contributed by atoms with E-state index in [1.165, 1.54) is 0 Å². The number of carbonyl (C=O) groups excluding carboxylic acids is 1. The number of nitrogens with zero attached hydrogens (tertiary/aromatic N) is 2. The molecular weight excluding hydrogens is 318 g/mol. The van der Waals surface area contributed by atoms with E-state index in [1.807, 2.05) is 34.6 Å². The van der Waals surface area contributed by atoms with Crippen molar-refractivity contribution in [2.45, 2.75) is 72.1 Å². The van der Waals surface area contributed by atoms with E-state index in [0.29, 0.717) is 12.6 Å². The fourth-order valence-corrected chi connectivity index (χ4v) is 2.03. The van der Waals surface area contributed by atoms with Crippen LogP contribution in [0.2, 0.25) is 0 Å². The van der Waals surface area contributed by atoms with E-state index in [4.69, 9.17) is 4.74 Å². The predicted octanol–water partition coefficient (Wildman–Crippen LogP) is 2.19. The van der Waals surface area contributed by atoms with Crippen LogP contribution in [0.25, 0.3) is 0 Å². The van der Waals surface area contributed by atoms with Crippen LogP contribution in [0.4, 0.5) is 4.79 Å². The van der Waals surface area contributed by atoms with Crippen LogP contribution in [0.1, 0.15) is 54.9 Å². The molecule has 1 atom stereocenters. The Kier molecular flexibility index (Phi) is 9.85. The molecule has 0 aromatic rings. The van der Waals surface area contributed by atoms with Gasteiger partial charge in [-0.05, 0) is 55.0 Å². The van der Waals surface area contributed by atoms with Crippen molar-refractivity contribution in [3.05, 3.63) is 0 Å². The average molecular weight is 358 g/mol. The molecule has 0 radical (unpaired) electrons. The van der Waals surface area contributed by atoms with E-state index in [2.05, 4.69) is 46.7 Å². The number of ether oxygens (including phenoxy) is 1. The Morgan fingerprint density at radius 3 is 2.28 bits per heavy atom. The fraction of sp³-hybridized carbons (Fsp3) is 0.889. The van der Waals surface area contributed by atoms with E-state index >= 15 is 0 Å². The highest BCUT2D eigenvalue weighted by Crippen LogP contribution is 2.09. The highest BCUT2D eigenvalue weighted by molar-refractivity contribution is 5.79. The Morgan fingerprint density at radius 2 is 1.80 bits per heavy atom. The number of rotatable bonds is 8. The summed E-state index contributed by atoms with van der Waals surface area (Å²) in [5.74, 6) is 0.719. The Labute approximate surface area is 154 Å². The normalized spacial score (nSPS) is 14.2. The summed E-state index contributed by atoms with van der Waals surface area (Å²) < 4.78 is 5.30. The molecule has 0 saturated heterocycles. The van der Waals surface area contributed by atoms with E-state index in [-0.39, 0.29) is 0 Å². The monoisotopic (exact) mass is 357 g/mol. The molecule has 3 N–H and O–H groups in total. The van der Waals surface area contributed by atoms with Gasteiger partial charge < -0.3 is 25.6 Å². The van der Waals surface area contributed by atoms with Crippen LogP contribution in [0.5, 0.6) is 0 Å². The minimum Gasteiger partial charge on any atom is -0.444 e. The van der Waals surface area contributed by atoms with Crippen molar-refractivity contribution in [2.24, 2.45) is 4.99 Å². The second kappa shape index (κ2) is 10.5. The number of carbonyl (C=O) groups is 1. The quantitative estimate of drug-likeness (QED) is 0.458. The lowest BCUT2D eigenvalue weighted by Crippen LogP contribution is -2.54. The summed E-state index contributed by atoms with van der Waals surface area (Å²) in [5, 5.41) is 9.42. The van der Waals surface area contributed by atoms with E-state index in [9.17, 15) is 4.79 Å². The van der Waals surface area contributed by atoms with Crippen LogP contribution in [0.3, 0.4) is 0 Å². The number of likely N-dealkylation sites (N-methyl/N-ethyl adjacent to an activating group) is 1. The Bertz CT molecular complexity index is 430. The Balaban J connectivity index is 4.29. The van der Waals surface area contributed by atoms with Crippen molar-refractivity contribution < 1.29 is 9.53 Å². The molecule has 7 nitrogen and oxygen atoms in total. The molecule has 0 aromatic carbocycles. The number of guanidine groups is 1. The molecule has 0 aromatic heterocycles. The van der Waals surface area contributed by atoms with Gasteiger partial charge in [-0.1, -0.05) is 6.92 Å². The minimum atomic E-state index is -0.507. The van der Waals surface area contributed by atoms with Crippen molar-refractivity contribution >= 4 is 12.1 Å². The molecule has 1 amide bonds. The number of hydrogen-bond donors (Lipinski definition) is 3. The SMILES string of the molecule is CCC(C)N(C)CCNC(=NC)NCC(C)(C)NC(=O)OC(C)(C)C. The summed E-state index contributed by atoms with van der Waals surface area (Å²) in [6.07, 6.45) is 0.714. The predicted molar refractivity (Wildman–Crippen MR) is 105 cm³/mol. The molecular formula is C18H39N5O2. The number of hydrogen-bond acceptors (Lipinski definition) is 4. The second-order valence-corrected chi connectivity index (χ2v) is 8.10. The van der Waals surface area contributed by atoms with Crippen LogP contribution in [-0.2, 0) is 4.74 Å². The Morgan fingerprint density at radius 1 is 1.20 bits per heavy atom. The molecule has 148 valence electrons. The molecule has 0 saturated carbocycles. The zero-order chi connectivity index (χ0) is 19.7. The van der Waals surface area contributed by atoms with Gasteiger partial charge in [0.15, 0.2) is 5.96 Å². The summed E-state index contributed by atoms with van der Waals surface area (Å²) >= 11 is 0. The summed E-state index contributed by atoms with van der Waals surface area (Å²) in [4.78, 5) is 18.5. The number of nitrogens with one attached hydrogen (secondary N) is 3. The molecule has 0 heterocycles. The summed E-state index contributed by atoms with van der Waals surface area (Å²) in [6, 6.07) is 0.564. The first-order valence-electron chi connectivity index (χ1n) is 9.06. The number of alkyl carbamates (subject to hydrolysis) is 1. The molecule has 1 unspecified atom stereocenters. The Hall–Kier alpha value is -1.50. The summed E-state index contributed by atoms with van der Waals surface area (Å²) in [7, 11) is 3.86. The lowest BCUT2D eigenvalue weighted by Gasteiger charge is -2.29. The topological polar surface area (TPSA) is 78.0 Å². The largest absolute Gasteiger partial charge is 0.444 e. The van der Waals surface area contributed by atoms with Crippen molar-refractivity contribution in [3.8, 4) is 0 Å². The van der Waals surface area contributed by atoms with Gasteiger partial charge in [-0.15, -0.1) is 0 Å². The van der Waals surface area contributed by atoms with Gasteiger partial charge in [-0.25, -0.2) is 4.79 Å². The van der Waals surface area contributed by atoms with Crippen molar-refractivity contribution in [2.75, 3.05) is 33.7 Å². The second-order valence-electron chi connectivity index (χ2n) is 8.10. The van der Waals surface area contributed by atoms with Crippen LogP contribution in [-0.4, -0.2) is 67.9 Å². The maximum absolute atomic E-state index is 11.9. The van der Waals surface area contributed by atoms with Gasteiger partial charge in [-0.3, -0.25) is 4.99 Å². The minimum absolute atomic E-state index is 0.419. The molecule has 0 bridgehead atoms. The molecule has 7 heteroatoms. The molecule has 0 rings (SSSR count). The smallest absolute Gasteiger partial charge is 0.408 e. The third-order valence-electron chi connectivity index (χ3n) is 3.86. The molecule has 25 heavy (non-hydrogen) atoms. The first kappa shape index (κ1) is 23.5. The van der Waals surface area contributed by atoms with E-state index in [1.54, 1.807) is 7.05 Å². The first-order valence-corrected chi connectivity index (χ1v) is 9.06. The van der Waals surface area contributed by atoms with Crippen LogP contribution < -0.4 is 16.0 Å². The van der Waals surface area contributed by atoms with Crippen LogP contribution in [0, 0.1) is 0 Å². The number of amides is 1. The standard InChI is InChI=1S/C18H39N5O2/c1-10-14(2)23(9)12-11-20-15(19-8)21-13-18(6,7)22-16(24)25-17(3,4)5/h14H,10-13H2,1-9H3,(H,22,24)(H2,19,20,21). The highest BCUT2D eigenvalue weighted by atomic mass is 16.6. The summed E-state index contributed by atoms with van der Waals surface area (Å²) in [5.41, 5.74) is -0.972. The average Bonchev–Trinajstić information content (AvgIpc) is 2.46. The van der Waals surface area contributed by atoms with Gasteiger partial charge in [0.2, 0.25) is 0 Å². The molecule has 0 aliphatic rings. The van der Waals surface area contributed by atoms with Crippen molar-refractivity contribution in [3.63, 3.8) is 0 Å². The molecule has 0 aliphatic heterocycles.